The first-order valence-electron chi connectivity index (χ1n) is 7.33. The Morgan fingerprint density at radius 1 is 1.26 bits per heavy atom. The number of amides is 1. The van der Waals surface area contributed by atoms with Crippen LogP contribution < -0.4 is 4.90 Å². The zero-order valence-corrected chi connectivity index (χ0v) is 14.1. The van der Waals surface area contributed by atoms with Crippen LogP contribution in [0.2, 0.25) is 10.0 Å². The third-order valence-corrected chi connectivity index (χ3v) is 4.47. The van der Waals surface area contributed by atoms with Crippen molar-refractivity contribution in [3.05, 3.63) is 52.5 Å². The van der Waals surface area contributed by atoms with Crippen molar-refractivity contribution in [3.8, 4) is 0 Å². The van der Waals surface area contributed by atoms with E-state index in [2.05, 4.69) is 14.9 Å². The molecule has 1 amide bonds. The molecule has 0 N–H and O–H groups in total. The maximum atomic E-state index is 12.5. The Labute approximate surface area is 144 Å². The average Bonchev–Trinajstić information content (AvgIpc) is 2.57. The topological polar surface area (TPSA) is 49.3 Å². The summed E-state index contributed by atoms with van der Waals surface area (Å²) in [5.74, 6) is -0.0950. The van der Waals surface area contributed by atoms with E-state index < -0.39 is 0 Å². The Hall–Kier alpha value is -1.85. The number of rotatable bonds is 2. The van der Waals surface area contributed by atoms with Gasteiger partial charge < -0.3 is 9.80 Å². The van der Waals surface area contributed by atoms with E-state index in [1.54, 1.807) is 18.3 Å². The molecule has 0 radical (unpaired) electrons. The molecule has 2 aromatic rings. The second-order valence-corrected chi connectivity index (χ2v) is 6.32. The molecule has 120 valence electrons. The lowest BCUT2D eigenvalue weighted by atomic mass is 10.1. The SMILES string of the molecule is CC1CN(c2cc(Cl)ccc2Cl)CCN1C(=O)c1cnccn1. The van der Waals surface area contributed by atoms with Crippen LogP contribution in [0.4, 0.5) is 5.69 Å². The summed E-state index contributed by atoms with van der Waals surface area (Å²) in [6.07, 6.45) is 4.58. The lowest BCUT2D eigenvalue weighted by molar-refractivity contribution is 0.0667. The molecule has 1 aromatic heterocycles. The molecule has 5 nitrogen and oxygen atoms in total. The van der Waals surface area contributed by atoms with Crippen LogP contribution in [0.25, 0.3) is 0 Å². The highest BCUT2D eigenvalue weighted by Crippen LogP contribution is 2.30. The van der Waals surface area contributed by atoms with Crippen molar-refractivity contribution in [3.63, 3.8) is 0 Å². The lowest BCUT2D eigenvalue weighted by Gasteiger charge is -2.41. The molecule has 0 spiro atoms. The monoisotopic (exact) mass is 350 g/mol. The maximum absolute atomic E-state index is 12.5. The fraction of sp³-hybridized carbons (Fsp3) is 0.312. The first-order valence-corrected chi connectivity index (χ1v) is 8.09. The Morgan fingerprint density at radius 2 is 2.09 bits per heavy atom. The van der Waals surface area contributed by atoms with Crippen molar-refractivity contribution in [2.45, 2.75) is 13.0 Å². The third-order valence-electron chi connectivity index (χ3n) is 3.92. The molecule has 1 saturated heterocycles. The summed E-state index contributed by atoms with van der Waals surface area (Å²) in [6, 6.07) is 5.45. The molecule has 1 aliphatic heterocycles. The van der Waals surface area contributed by atoms with Gasteiger partial charge >= 0.3 is 0 Å². The van der Waals surface area contributed by atoms with Gasteiger partial charge in [-0.05, 0) is 25.1 Å². The number of halogens is 2. The minimum Gasteiger partial charge on any atom is -0.366 e. The second-order valence-electron chi connectivity index (χ2n) is 5.48. The van der Waals surface area contributed by atoms with Crippen molar-refractivity contribution < 1.29 is 4.79 Å². The van der Waals surface area contributed by atoms with Gasteiger partial charge in [0.05, 0.1) is 16.9 Å². The van der Waals surface area contributed by atoms with E-state index in [1.807, 2.05) is 17.9 Å². The lowest BCUT2D eigenvalue weighted by Crippen LogP contribution is -2.54. The summed E-state index contributed by atoms with van der Waals surface area (Å²) in [7, 11) is 0. The maximum Gasteiger partial charge on any atom is 0.274 e. The highest BCUT2D eigenvalue weighted by atomic mass is 35.5. The standard InChI is InChI=1S/C16H16Cl2N4O/c1-11-10-21(15-8-12(17)2-3-13(15)18)6-7-22(11)16(23)14-9-19-4-5-20-14/h2-5,8-9,11H,6-7,10H2,1H3. The van der Waals surface area contributed by atoms with Crippen molar-refractivity contribution in [2.75, 3.05) is 24.5 Å². The van der Waals surface area contributed by atoms with Gasteiger partial charge in [0, 0.05) is 43.1 Å². The van der Waals surface area contributed by atoms with Crippen LogP contribution in [0, 0.1) is 0 Å². The van der Waals surface area contributed by atoms with Crippen LogP contribution in [0.5, 0.6) is 0 Å². The highest BCUT2D eigenvalue weighted by Gasteiger charge is 2.29. The van der Waals surface area contributed by atoms with E-state index in [-0.39, 0.29) is 11.9 Å². The molecular weight excluding hydrogens is 335 g/mol. The van der Waals surface area contributed by atoms with Gasteiger partial charge in [-0.25, -0.2) is 4.98 Å². The van der Waals surface area contributed by atoms with Crippen LogP contribution in [0.1, 0.15) is 17.4 Å². The Morgan fingerprint density at radius 3 is 2.78 bits per heavy atom. The Balaban J connectivity index is 1.75. The summed E-state index contributed by atoms with van der Waals surface area (Å²) >= 11 is 12.3. The molecule has 1 aromatic carbocycles. The number of piperazine rings is 1. The predicted octanol–water partition coefficient (Wildman–Crippen LogP) is 3.13. The highest BCUT2D eigenvalue weighted by molar-refractivity contribution is 6.35. The Bertz CT molecular complexity index is 710. The summed E-state index contributed by atoms with van der Waals surface area (Å²) < 4.78 is 0. The molecular formula is C16H16Cl2N4O. The molecule has 1 unspecified atom stereocenters. The first kappa shape index (κ1) is 16.0. The van der Waals surface area contributed by atoms with E-state index in [0.717, 1.165) is 5.69 Å². The quantitative estimate of drug-likeness (QED) is 0.834. The second kappa shape index (κ2) is 6.72. The van der Waals surface area contributed by atoms with Gasteiger partial charge in [0.1, 0.15) is 5.69 Å². The summed E-state index contributed by atoms with van der Waals surface area (Å²) in [5.41, 5.74) is 1.27. The fourth-order valence-corrected chi connectivity index (χ4v) is 3.17. The van der Waals surface area contributed by atoms with Gasteiger partial charge in [-0.2, -0.15) is 0 Å². The minimum atomic E-state index is -0.0950. The fourth-order valence-electron chi connectivity index (χ4n) is 2.76. The van der Waals surface area contributed by atoms with Crippen LogP contribution in [0.15, 0.2) is 36.8 Å². The zero-order valence-electron chi connectivity index (χ0n) is 12.6. The zero-order chi connectivity index (χ0) is 16.4. The largest absolute Gasteiger partial charge is 0.366 e. The van der Waals surface area contributed by atoms with Gasteiger partial charge in [0.25, 0.3) is 5.91 Å². The number of aromatic nitrogens is 2. The Kier molecular flexibility index (Phi) is 4.68. The van der Waals surface area contributed by atoms with E-state index in [4.69, 9.17) is 23.2 Å². The van der Waals surface area contributed by atoms with Crippen LogP contribution in [-0.4, -0.2) is 46.5 Å². The molecule has 1 atom stereocenters. The van der Waals surface area contributed by atoms with Gasteiger partial charge in [-0.3, -0.25) is 9.78 Å². The van der Waals surface area contributed by atoms with Crippen molar-refractivity contribution in [2.24, 2.45) is 0 Å². The van der Waals surface area contributed by atoms with Crippen molar-refractivity contribution in [1.29, 1.82) is 0 Å². The normalized spacial score (nSPS) is 18.1. The van der Waals surface area contributed by atoms with Gasteiger partial charge in [0.2, 0.25) is 0 Å². The molecule has 0 bridgehead atoms. The van der Waals surface area contributed by atoms with E-state index in [1.165, 1.54) is 12.4 Å². The molecule has 1 fully saturated rings. The summed E-state index contributed by atoms with van der Waals surface area (Å²) in [5, 5.41) is 1.31. The minimum absolute atomic E-state index is 0.0355. The van der Waals surface area contributed by atoms with Crippen LogP contribution in [-0.2, 0) is 0 Å². The third kappa shape index (κ3) is 3.41. The van der Waals surface area contributed by atoms with Crippen molar-refractivity contribution >= 4 is 34.8 Å². The van der Waals surface area contributed by atoms with E-state index in [9.17, 15) is 4.79 Å². The molecule has 7 heteroatoms. The van der Waals surface area contributed by atoms with Crippen LogP contribution in [0.3, 0.4) is 0 Å². The molecule has 3 rings (SSSR count). The van der Waals surface area contributed by atoms with E-state index in [0.29, 0.717) is 35.4 Å². The number of anilines is 1. The molecule has 1 aliphatic rings. The first-order chi connectivity index (χ1) is 11.1. The summed E-state index contributed by atoms with van der Waals surface area (Å²) in [6.45, 7) is 3.99. The van der Waals surface area contributed by atoms with Gasteiger partial charge in [0.15, 0.2) is 0 Å². The average molecular weight is 351 g/mol. The molecule has 23 heavy (non-hydrogen) atoms. The number of carbonyl (C=O) groups excluding carboxylic acids is 1. The number of nitrogens with zero attached hydrogens (tertiary/aromatic N) is 4. The van der Waals surface area contributed by atoms with E-state index >= 15 is 0 Å². The van der Waals surface area contributed by atoms with Gasteiger partial charge in [-0.15, -0.1) is 0 Å². The smallest absolute Gasteiger partial charge is 0.274 e. The summed E-state index contributed by atoms with van der Waals surface area (Å²) in [4.78, 5) is 24.5. The predicted molar refractivity (Wildman–Crippen MR) is 91.2 cm³/mol. The van der Waals surface area contributed by atoms with Crippen molar-refractivity contribution in [1.82, 2.24) is 14.9 Å². The van der Waals surface area contributed by atoms with Crippen LogP contribution >= 0.6 is 23.2 Å². The molecule has 2 heterocycles. The molecule has 0 saturated carbocycles. The molecule has 0 aliphatic carbocycles. The number of benzene rings is 1. The number of hydrogen-bond acceptors (Lipinski definition) is 4. The number of carbonyl (C=O) groups is 1. The van der Waals surface area contributed by atoms with Gasteiger partial charge in [-0.1, -0.05) is 23.2 Å². The number of hydrogen-bond donors (Lipinski definition) is 0.